The number of anilines is 1. The van der Waals surface area contributed by atoms with E-state index in [1.807, 2.05) is 60.7 Å². The summed E-state index contributed by atoms with van der Waals surface area (Å²) in [5.74, 6) is 1.30. The van der Waals surface area contributed by atoms with Crippen molar-refractivity contribution in [1.82, 2.24) is 0 Å². The van der Waals surface area contributed by atoms with Gasteiger partial charge in [-0.2, -0.15) is 0 Å². The summed E-state index contributed by atoms with van der Waals surface area (Å²) in [4.78, 5) is 0.263. The van der Waals surface area contributed by atoms with Crippen molar-refractivity contribution in [2.45, 2.75) is 11.4 Å². The number of ether oxygens (including phenoxy) is 1. The Bertz CT molecular complexity index is 823. The molecule has 4 nitrogen and oxygen atoms in total. The number of hydrogen-bond donors (Lipinski definition) is 1. The number of para-hydroxylation sites is 2. The van der Waals surface area contributed by atoms with Crippen molar-refractivity contribution in [3.8, 4) is 11.5 Å². The van der Waals surface area contributed by atoms with Gasteiger partial charge < -0.3 is 14.6 Å². The smallest absolute Gasteiger partial charge is 0.127 e. The Morgan fingerprint density at radius 2 is 1.54 bits per heavy atom. The summed E-state index contributed by atoms with van der Waals surface area (Å²) < 4.78 is 28.6. The van der Waals surface area contributed by atoms with Crippen molar-refractivity contribution in [2.75, 3.05) is 5.32 Å². The van der Waals surface area contributed by atoms with Crippen LogP contribution in [0.25, 0.3) is 0 Å². The fraction of sp³-hybridized carbons (Fsp3) is 0.0526. The van der Waals surface area contributed by atoms with E-state index in [-0.39, 0.29) is 4.90 Å². The summed E-state index contributed by atoms with van der Waals surface area (Å²) in [6.45, 7) is 0.388. The highest BCUT2D eigenvalue weighted by Crippen LogP contribution is 2.26. The molecule has 0 aliphatic rings. The van der Waals surface area contributed by atoms with E-state index in [0.717, 1.165) is 5.69 Å². The summed E-state index contributed by atoms with van der Waals surface area (Å²) in [6, 6.07) is 24.0. The van der Waals surface area contributed by atoms with Gasteiger partial charge in [-0.25, -0.2) is 0 Å². The van der Waals surface area contributed by atoms with E-state index in [0.29, 0.717) is 23.6 Å². The average molecular weight is 338 g/mol. The van der Waals surface area contributed by atoms with Crippen LogP contribution in [0.1, 0.15) is 5.56 Å². The molecule has 24 heavy (non-hydrogen) atoms. The Labute approximate surface area is 143 Å². The normalized spacial score (nSPS) is 11.7. The third kappa shape index (κ3) is 4.22. The van der Waals surface area contributed by atoms with Gasteiger partial charge in [0, 0.05) is 17.1 Å². The molecule has 3 aromatic rings. The third-order valence-corrected chi connectivity index (χ3v) is 4.20. The fourth-order valence-electron chi connectivity index (χ4n) is 2.30. The van der Waals surface area contributed by atoms with Crippen molar-refractivity contribution in [2.24, 2.45) is 0 Å². The zero-order valence-corrected chi connectivity index (χ0v) is 13.7. The molecule has 3 aromatic carbocycles. The van der Waals surface area contributed by atoms with E-state index in [9.17, 15) is 8.76 Å². The van der Waals surface area contributed by atoms with Gasteiger partial charge in [-0.1, -0.05) is 36.4 Å². The minimum atomic E-state index is -2.30. The predicted molar refractivity (Wildman–Crippen MR) is 93.9 cm³/mol. The first kappa shape index (κ1) is 16.2. The van der Waals surface area contributed by atoms with E-state index in [1.54, 1.807) is 18.2 Å². The monoisotopic (exact) mass is 338 g/mol. The first-order valence-corrected chi connectivity index (χ1v) is 8.54. The number of benzene rings is 3. The molecule has 3 rings (SSSR count). The quantitative estimate of drug-likeness (QED) is 0.680. The lowest BCUT2D eigenvalue weighted by atomic mass is 10.2. The molecule has 5 heteroatoms. The standard InChI is InChI=1S/C19H17NO3S/c21-24(22)19-12-11-18(23-17-9-5-2-6-10-17)13-15(19)14-20-16-7-3-1-4-8-16/h1-13,20H,14H2,(H,21,22)/p-1. The Morgan fingerprint density at radius 1 is 0.875 bits per heavy atom. The predicted octanol–water partition coefficient (Wildman–Crippen LogP) is 4.33. The molecule has 0 bridgehead atoms. The molecule has 0 saturated heterocycles. The van der Waals surface area contributed by atoms with Crippen LogP contribution in [0.2, 0.25) is 0 Å². The van der Waals surface area contributed by atoms with Crippen molar-refractivity contribution >= 4 is 16.8 Å². The van der Waals surface area contributed by atoms with Crippen LogP contribution in [0.4, 0.5) is 5.69 Å². The van der Waals surface area contributed by atoms with Crippen molar-refractivity contribution < 1.29 is 13.5 Å². The highest BCUT2D eigenvalue weighted by Gasteiger charge is 2.07. The third-order valence-electron chi connectivity index (χ3n) is 3.45. The van der Waals surface area contributed by atoms with Gasteiger partial charge in [-0.05, 0) is 59.1 Å². The molecule has 0 amide bonds. The summed E-state index contributed by atoms with van der Waals surface area (Å²) in [6.07, 6.45) is 0. The van der Waals surface area contributed by atoms with Gasteiger partial charge in [-0.15, -0.1) is 0 Å². The maximum atomic E-state index is 11.4. The molecule has 0 spiro atoms. The molecule has 0 fully saturated rings. The summed E-state index contributed by atoms with van der Waals surface area (Å²) in [7, 11) is 0. The number of rotatable bonds is 6. The zero-order chi connectivity index (χ0) is 16.8. The van der Waals surface area contributed by atoms with E-state index in [2.05, 4.69) is 5.32 Å². The van der Waals surface area contributed by atoms with Gasteiger partial charge in [-0.3, -0.25) is 4.21 Å². The lowest BCUT2D eigenvalue weighted by Gasteiger charge is -2.15. The molecule has 1 unspecified atom stereocenters. The first-order chi connectivity index (χ1) is 11.7. The van der Waals surface area contributed by atoms with E-state index in [1.165, 1.54) is 0 Å². The second kappa shape index (κ2) is 7.77. The molecule has 1 N–H and O–H groups in total. The largest absolute Gasteiger partial charge is 0.768 e. The van der Waals surface area contributed by atoms with Crippen molar-refractivity contribution in [3.63, 3.8) is 0 Å². The molecule has 122 valence electrons. The first-order valence-electron chi connectivity index (χ1n) is 7.46. The van der Waals surface area contributed by atoms with E-state index < -0.39 is 11.1 Å². The topological polar surface area (TPSA) is 61.4 Å². The van der Waals surface area contributed by atoms with Crippen LogP contribution in [0.15, 0.2) is 83.8 Å². The molecule has 0 aliphatic heterocycles. The number of nitrogens with one attached hydrogen (secondary N) is 1. The molecule has 1 atom stereocenters. The van der Waals surface area contributed by atoms with Crippen LogP contribution in [-0.2, 0) is 17.6 Å². The lowest BCUT2D eigenvalue weighted by molar-refractivity contribution is 0.481. The van der Waals surface area contributed by atoms with Crippen LogP contribution in [0.3, 0.4) is 0 Å². The minimum Gasteiger partial charge on any atom is -0.768 e. The Balaban J connectivity index is 1.82. The number of hydrogen-bond acceptors (Lipinski definition) is 4. The van der Waals surface area contributed by atoms with Crippen LogP contribution in [0.5, 0.6) is 11.5 Å². The van der Waals surface area contributed by atoms with Gasteiger partial charge in [0.2, 0.25) is 0 Å². The fourth-order valence-corrected chi connectivity index (χ4v) is 2.82. The van der Waals surface area contributed by atoms with Gasteiger partial charge in [0.1, 0.15) is 11.5 Å². The van der Waals surface area contributed by atoms with Crippen LogP contribution < -0.4 is 10.1 Å². The molecule has 0 aromatic heterocycles. The maximum Gasteiger partial charge on any atom is 0.127 e. The molecular weight excluding hydrogens is 322 g/mol. The van der Waals surface area contributed by atoms with Gasteiger partial charge >= 0.3 is 0 Å². The maximum absolute atomic E-state index is 11.4. The van der Waals surface area contributed by atoms with Crippen LogP contribution >= 0.6 is 0 Å². The lowest BCUT2D eigenvalue weighted by Crippen LogP contribution is -2.04. The Hall–Kier alpha value is -2.63. The van der Waals surface area contributed by atoms with Crippen LogP contribution in [-0.4, -0.2) is 8.76 Å². The van der Waals surface area contributed by atoms with Crippen LogP contribution in [0, 0.1) is 0 Å². The summed E-state index contributed by atoms with van der Waals surface area (Å²) in [5.41, 5.74) is 1.58. The Kier molecular flexibility index (Phi) is 5.25. The second-order valence-electron chi connectivity index (χ2n) is 5.14. The summed E-state index contributed by atoms with van der Waals surface area (Å²) in [5, 5.41) is 3.22. The SMILES string of the molecule is O=S([O-])c1ccc(Oc2ccccc2)cc1CNc1ccccc1. The zero-order valence-electron chi connectivity index (χ0n) is 12.8. The molecule has 0 aliphatic carbocycles. The molecular formula is C19H16NO3S-. The minimum absolute atomic E-state index is 0.263. The molecule has 0 saturated carbocycles. The van der Waals surface area contributed by atoms with Gasteiger partial charge in [0.05, 0.1) is 0 Å². The second-order valence-corrected chi connectivity index (χ2v) is 6.05. The van der Waals surface area contributed by atoms with E-state index in [4.69, 9.17) is 4.74 Å². The highest BCUT2D eigenvalue weighted by atomic mass is 32.2. The molecule has 0 radical (unpaired) electrons. The average Bonchev–Trinajstić information content (AvgIpc) is 2.61. The van der Waals surface area contributed by atoms with Crippen molar-refractivity contribution in [3.05, 3.63) is 84.4 Å². The summed E-state index contributed by atoms with van der Waals surface area (Å²) >= 11 is -2.30. The van der Waals surface area contributed by atoms with Gasteiger partial charge in [0.25, 0.3) is 0 Å². The molecule has 0 heterocycles. The van der Waals surface area contributed by atoms with Crippen molar-refractivity contribution in [1.29, 1.82) is 0 Å². The van der Waals surface area contributed by atoms with Gasteiger partial charge in [0.15, 0.2) is 0 Å². The van der Waals surface area contributed by atoms with E-state index >= 15 is 0 Å². The Morgan fingerprint density at radius 3 is 2.21 bits per heavy atom. The highest BCUT2D eigenvalue weighted by molar-refractivity contribution is 7.79.